The van der Waals surface area contributed by atoms with E-state index in [0.717, 1.165) is 4.31 Å². The molecule has 0 aromatic heterocycles. The number of carboxylic acids is 1. The second kappa shape index (κ2) is 4.46. The van der Waals surface area contributed by atoms with Crippen LogP contribution in [-0.2, 0) is 14.8 Å². The maximum absolute atomic E-state index is 11.6. The molecule has 1 aliphatic heterocycles. The van der Waals surface area contributed by atoms with E-state index in [9.17, 15) is 18.3 Å². The molecule has 0 aliphatic carbocycles. The number of aliphatic hydroxyl groups is 1. The Balaban J connectivity index is 2.88. The second-order valence-electron chi connectivity index (χ2n) is 3.63. The summed E-state index contributed by atoms with van der Waals surface area (Å²) >= 11 is 0. The Labute approximate surface area is 88.6 Å². The largest absolute Gasteiger partial charge is 0.480 e. The summed E-state index contributed by atoms with van der Waals surface area (Å²) in [6.45, 7) is 1.60. The molecule has 0 aromatic rings. The first-order valence-corrected chi connectivity index (χ1v) is 6.39. The highest BCUT2D eigenvalue weighted by Gasteiger charge is 2.42. The van der Waals surface area contributed by atoms with Gasteiger partial charge in [-0.3, -0.25) is 4.79 Å². The van der Waals surface area contributed by atoms with Crippen molar-refractivity contribution in [1.82, 2.24) is 4.31 Å². The minimum absolute atomic E-state index is 0.0295. The van der Waals surface area contributed by atoms with Crippen molar-refractivity contribution >= 4 is 16.0 Å². The summed E-state index contributed by atoms with van der Waals surface area (Å²) in [7, 11) is -3.54. The van der Waals surface area contributed by atoms with Gasteiger partial charge in [0, 0.05) is 13.0 Å². The number of aliphatic carboxylic acids is 1. The van der Waals surface area contributed by atoms with E-state index in [2.05, 4.69) is 0 Å². The van der Waals surface area contributed by atoms with Crippen molar-refractivity contribution in [2.45, 2.75) is 31.9 Å². The summed E-state index contributed by atoms with van der Waals surface area (Å²) in [4.78, 5) is 10.8. The number of β-amino-alcohol motifs (C(OH)–C–C–N with tert-alkyl or cyclic N) is 1. The fraction of sp³-hybridized carbons (Fsp3) is 0.875. The van der Waals surface area contributed by atoms with Crippen molar-refractivity contribution in [3.63, 3.8) is 0 Å². The monoisotopic (exact) mass is 237 g/mol. The fourth-order valence-corrected chi connectivity index (χ4v) is 3.40. The molecule has 0 spiro atoms. The maximum atomic E-state index is 11.6. The lowest BCUT2D eigenvalue weighted by Crippen LogP contribution is -2.41. The Morgan fingerprint density at radius 2 is 2.13 bits per heavy atom. The third-order valence-corrected chi connectivity index (χ3v) is 4.38. The molecule has 15 heavy (non-hydrogen) atoms. The predicted octanol–water partition coefficient (Wildman–Crippen LogP) is -0.754. The van der Waals surface area contributed by atoms with E-state index in [-0.39, 0.29) is 18.7 Å². The van der Waals surface area contributed by atoms with Crippen LogP contribution < -0.4 is 0 Å². The van der Waals surface area contributed by atoms with Crippen LogP contribution in [0, 0.1) is 0 Å². The van der Waals surface area contributed by atoms with E-state index in [1.807, 2.05) is 0 Å². The molecule has 2 N–H and O–H groups in total. The number of hydrogen-bond acceptors (Lipinski definition) is 4. The average molecular weight is 237 g/mol. The van der Waals surface area contributed by atoms with Gasteiger partial charge in [0.05, 0.1) is 11.9 Å². The highest BCUT2D eigenvalue weighted by Crippen LogP contribution is 2.22. The van der Waals surface area contributed by atoms with Crippen LogP contribution in [0.1, 0.15) is 19.8 Å². The lowest BCUT2D eigenvalue weighted by molar-refractivity contribution is -0.140. The molecule has 0 bridgehead atoms. The van der Waals surface area contributed by atoms with Crippen LogP contribution in [-0.4, -0.2) is 53.3 Å². The Bertz CT molecular complexity index is 339. The molecule has 6 nitrogen and oxygen atoms in total. The predicted molar refractivity (Wildman–Crippen MR) is 52.8 cm³/mol. The molecule has 0 saturated carbocycles. The lowest BCUT2D eigenvalue weighted by atomic mass is 10.2. The van der Waals surface area contributed by atoms with E-state index in [1.54, 1.807) is 6.92 Å². The van der Waals surface area contributed by atoms with Crippen LogP contribution in [0.5, 0.6) is 0 Å². The van der Waals surface area contributed by atoms with Crippen LogP contribution >= 0.6 is 0 Å². The van der Waals surface area contributed by atoms with Gasteiger partial charge in [-0.05, 0) is 6.42 Å². The highest BCUT2D eigenvalue weighted by molar-refractivity contribution is 7.89. The van der Waals surface area contributed by atoms with Crippen LogP contribution in [0.3, 0.4) is 0 Å². The molecule has 1 saturated heterocycles. The number of carboxylic acid groups (broad SMARTS) is 1. The molecule has 0 radical (unpaired) electrons. The van der Waals surface area contributed by atoms with Crippen molar-refractivity contribution < 1.29 is 23.4 Å². The van der Waals surface area contributed by atoms with E-state index >= 15 is 0 Å². The van der Waals surface area contributed by atoms with E-state index in [0.29, 0.717) is 6.42 Å². The minimum Gasteiger partial charge on any atom is -0.480 e. The molecule has 2 atom stereocenters. The molecular weight excluding hydrogens is 222 g/mol. The maximum Gasteiger partial charge on any atom is 0.322 e. The first kappa shape index (κ1) is 12.4. The third-order valence-electron chi connectivity index (χ3n) is 2.34. The van der Waals surface area contributed by atoms with Gasteiger partial charge in [-0.1, -0.05) is 6.92 Å². The third kappa shape index (κ3) is 2.67. The van der Waals surface area contributed by atoms with Crippen molar-refractivity contribution in [1.29, 1.82) is 0 Å². The summed E-state index contributed by atoms with van der Waals surface area (Å²) in [6, 6.07) is -1.11. The number of sulfonamides is 1. The Morgan fingerprint density at radius 3 is 2.60 bits per heavy atom. The van der Waals surface area contributed by atoms with Gasteiger partial charge in [0.2, 0.25) is 10.0 Å². The quantitative estimate of drug-likeness (QED) is 0.670. The zero-order valence-electron chi connectivity index (χ0n) is 8.46. The van der Waals surface area contributed by atoms with Crippen LogP contribution in [0.2, 0.25) is 0 Å². The van der Waals surface area contributed by atoms with Gasteiger partial charge in [0.1, 0.15) is 6.04 Å². The van der Waals surface area contributed by atoms with Gasteiger partial charge < -0.3 is 10.2 Å². The molecule has 88 valence electrons. The van der Waals surface area contributed by atoms with E-state index in [4.69, 9.17) is 5.11 Å². The zero-order chi connectivity index (χ0) is 11.6. The Hall–Kier alpha value is -0.660. The summed E-state index contributed by atoms with van der Waals surface area (Å²) < 4.78 is 24.2. The van der Waals surface area contributed by atoms with Crippen LogP contribution in [0.25, 0.3) is 0 Å². The van der Waals surface area contributed by atoms with Gasteiger partial charge in [0.15, 0.2) is 0 Å². The minimum atomic E-state index is -3.54. The lowest BCUT2D eigenvalue weighted by Gasteiger charge is -2.20. The number of nitrogens with zero attached hydrogens (tertiary/aromatic N) is 1. The topological polar surface area (TPSA) is 94.9 Å². The Morgan fingerprint density at radius 1 is 1.53 bits per heavy atom. The van der Waals surface area contributed by atoms with Gasteiger partial charge in [-0.15, -0.1) is 0 Å². The van der Waals surface area contributed by atoms with Crippen LogP contribution in [0.4, 0.5) is 0 Å². The normalized spacial score (nSPS) is 28.1. The molecule has 1 unspecified atom stereocenters. The highest BCUT2D eigenvalue weighted by atomic mass is 32.2. The molecular formula is C8H15NO5S. The summed E-state index contributed by atoms with van der Waals surface area (Å²) in [5.41, 5.74) is 0. The van der Waals surface area contributed by atoms with Gasteiger partial charge >= 0.3 is 5.97 Å². The molecule has 1 fully saturated rings. The van der Waals surface area contributed by atoms with Gasteiger partial charge in [0.25, 0.3) is 0 Å². The zero-order valence-corrected chi connectivity index (χ0v) is 9.27. The molecule has 7 heteroatoms. The summed E-state index contributed by atoms with van der Waals surface area (Å²) in [6.07, 6.45) is -0.475. The van der Waals surface area contributed by atoms with E-state index < -0.39 is 28.1 Å². The first-order chi connectivity index (χ1) is 6.88. The molecule has 1 aliphatic rings. The standard InChI is InChI=1S/C8H15NO5S/c1-2-3-15(13,14)9-5-6(10)4-7(9)8(11)12/h6-7,10H,2-5H2,1H3,(H,11,12)/t6?,7-/m0/s1. The number of rotatable bonds is 4. The molecule has 1 rings (SSSR count). The van der Waals surface area contributed by atoms with Crippen molar-refractivity contribution in [2.75, 3.05) is 12.3 Å². The van der Waals surface area contributed by atoms with Crippen molar-refractivity contribution in [2.24, 2.45) is 0 Å². The SMILES string of the molecule is CCCS(=O)(=O)N1CC(O)C[C@H]1C(=O)O. The van der Waals surface area contributed by atoms with Gasteiger partial charge in [-0.25, -0.2) is 8.42 Å². The smallest absolute Gasteiger partial charge is 0.322 e. The Kier molecular flexibility index (Phi) is 3.69. The fourth-order valence-electron chi connectivity index (χ4n) is 1.69. The van der Waals surface area contributed by atoms with E-state index in [1.165, 1.54) is 0 Å². The van der Waals surface area contributed by atoms with Gasteiger partial charge in [-0.2, -0.15) is 4.31 Å². The summed E-state index contributed by atoms with van der Waals surface area (Å²) in [5, 5.41) is 18.1. The molecule has 0 aromatic carbocycles. The number of aliphatic hydroxyl groups excluding tert-OH is 1. The summed E-state index contributed by atoms with van der Waals surface area (Å²) in [5.74, 6) is -1.28. The second-order valence-corrected chi connectivity index (χ2v) is 5.67. The van der Waals surface area contributed by atoms with Crippen molar-refractivity contribution in [3.8, 4) is 0 Å². The first-order valence-electron chi connectivity index (χ1n) is 4.79. The average Bonchev–Trinajstić information content (AvgIpc) is 2.47. The number of hydrogen-bond donors (Lipinski definition) is 2. The van der Waals surface area contributed by atoms with Crippen molar-refractivity contribution in [3.05, 3.63) is 0 Å². The number of carbonyl (C=O) groups is 1. The molecule has 1 heterocycles. The molecule has 0 amide bonds. The van der Waals surface area contributed by atoms with Crippen LogP contribution in [0.15, 0.2) is 0 Å².